The fourth-order valence-electron chi connectivity index (χ4n) is 2.82. The smallest absolute Gasteiger partial charge is 0.310 e. The standard InChI is InChI=1S/C13H25NO2/c1-9(2)11(13(15)16-3)12(14)10-7-5-4-6-8-10/h9-12H,4-8,14H2,1-3H3. The molecule has 0 radical (unpaired) electrons. The molecule has 2 atom stereocenters. The first-order valence-corrected chi connectivity index (χ1v) is 6.41. The fraction of sp³-hybridized carbons (Fsp3) is 0.923. The molecule has 0 bridgehead atoms. The van der Waals surface area contributed by atoms with Gasteiger partial charge in [-0.2, -0.15) is 0 Å². The van der Waals surface area contributed by atoms with Crippen molar-refractivity contribution in [2.45, 2.75) is 52.0 Å². The molecule has 0 spiro atoms. The summed E-state index contributed by atoms with van der Waals surface area (Å²) in [5.74, 6) is 0.464. The molecule has 2 N–H and O–H groups in total. The minimum atomic E-state index is -0.145. The topological polar surface area (TPSA) is 52.3 Å². The second-order valence-corrected chi connectivity index (χ2v) is 5.27. The van der Waals surface area contributed by atoms with Crippen LogP contribution in [0.3, 0.4) is 0 Å². The molecule has 3 heteroatoms. The molecular formula is C13H25NO2. The van der Waals surface area contributed by atoms with E-state index in [2.05, 4.69) is 0 Å². The number of hydrogen-bond acceptors (Lipinski definition) is 3. The summed E-state index contributed by atoms with van der Waals surface area (Å²) >= 11 is 0. The lowest BCUT2D eigenvalue weighted by Gasteiger charge is -2.33. The van der Waals surface area contributed by atoms with Crippen molar-refractivity contribution >= 4 is 5.97 Å². The second-order valence-electron chi connectivity index (χ2n) is 5.27. The van der Waals surface area contributed by atoms with Crippen LogP contribution in [0.1, 0.15) is 46.0 Å². The molecule has 1 fully saturated rings. The van der Waals surface area contributed by atoms with Crippen LogP contribution in [-0.4, -0.2) is 19.1 Å². The van der Waals surface area contributed by atoms with Crippen molar-refractivity contribution in [2.75, 3.05) is 7.11 Å². The van der Waals surface area contributed by atoms with Gasteiger partial charge in [0.05, 0.1) is 13.0 Å². The highest BCUT2D eigenvalue weighted by Gasteiger charge is 2.34. The largest absolute Gasteiger partial charge is 0.469 e. The van der Waals surface area contributed by atoms with Crippen molar-refractivity contribution in [2.24, 2.45) is 23.5 Å². The molecule has 94 valence electrons. The third-order valence-electron chi connectivity index (χ3n) is 3.80. The summed E-state index contributed by atoms with van der Waals surface area (Å²) < 4.78 is 4.87. The van der Waals surface area contributed by atoms with E-state index in [1.807, 2.05) is 13.8 Å². The lowest BCUT2D eigenvalue weighted by Crippen LogP contribution is -2.45. The number of rotatable bonds is 4. The second kappa shape index (κ2) is 6.24. The van der Waals surface area contributed by atoms with E-state index >= 15 is 0 Å². The van der Waals surface area contributed by atoms with Crippen molar-refractivity contribution in [3.8, 4) is 0 Å². The van der Waals surface area contributed by atoms with Gasteiger partial charge in [0.2, 0.25) is 0 Å². The Hall–Kier alpha value is -0.570. The van der Waals surface area contributed by atoms with Gasteiger partial charge in [-0.15, -0.1) is 0 Å². The Kier molecular flexibility index (Phi) is 5.26. The van der Waals surface area contributed by atoms with E-state index in [1.54, 1.807) is 0 Å². The maximum Gasteiger partial charge on any atom is 0.310 e. The van der Waals surface area contributed by atoms with Crippen LogP contribution in [0.5, 0.6) is 0 Å². The van der Waals surface area contributed by atoms with Gasteiger partial charge in [-0.1, -0.05) is 33.1 Å². The van der Waals surface area contributed by atoms with Gasteiger partial charge >= 0.3 is 5.97 Å². The number of ether oxygens (including phenoxy) is 1. The molecule has 0 aromatic heterocycles. The van der Waals surface area contributed by atoms with Crippen molar-refractivity contribution in [3.05, 3.63) is 0 Å². The Labute approximate surface area is 98.7 Å². The zero-order valence-electron chi connectivity index (χ0n) is 10.7. The van der Waals surface area contributed by atoms with Crippen LogP contribution in [0, 0.1) is 17.8 Å². The van der Waals surface area contributed by atoms with Crippen LogP contribution in [0.15, 0.2) is 0 Å². The summed E-state index contributed by atoms with van der Waals surface area (Å²) in [6, 6.07) is -0.0345. The Morgan fingerprint density at radius 2 is 1.81 bits per heavy atom. The van der Waals surface area contributed by atoms with Gasteiger partial charge in [-0.25, -0.2) is 0 Å². The number of hydrogen-bond donors (Lipinski definition) is 1. The molecule has 1 aliphatic rings. The SMILES string of the molecule is COC(=O)C(C(C)C)C(N)C1CCCCC1. The monoisotopic (exact) mass is 227 g/mol. The van der Waals surface area contributed by atoms with E-state index in [4.69, 9.17) is 10.5 Å². The molecule has 16 heavy (non-hydrogen) atoms. The van der Waals surface area contributed by atoms with Crippen LogP contribution in [-0.2, 0) is 9.53 Å². The molecule has 0 aromatic carbocycles. The molecule has 1 aliphatic carbocycles. The molecular weight excluding hydrogens is 202 g/mol. The van der Waals surface area contributed by atoms with Gasteiger partial charge in [-0.05, 0) is 24.7 Å². The summed E-state index contributed by atoms with van der Waals surface area (Å²) in [5, 5.41) is 0. The molecule has 3 nitrogen and oxygen atoms in total. The highest BCUT2D eigenvalue weighted by atomic mass is 16.5. The van der Waals surface area contributed by atoms with Gasteiger partial charge in [0.15, 0.2) is 0 Å². The average molecular weight is 227 g/mol. The molecule has 1 saturated carbocycles. The third kappa shape index (κ3) is 3.21. The Bertz CT molecular complexity index is 222. The van der Waals surface area contributed by atoms with Gasteiger partial charge < -0.3 is 10.5 Å². The summed E-state index contributed by atoms with van der Waals surface area (Å²) in [4.78, 5) is 11.7. The average Bonchev–Trinajstić information content (AvgIpc) is 2.29. The predicted molar refractivity (Wildman–Crippen MR) is 64.9 cm³/mol. The van der Waals surface area contributed by atoms with Gasteiger partial charge in [0.25, 0.3) is 0 Å². The van der Waals surface area contributed by atoms with E-state index in [9.17, 15) is 4.79 Å². The first-order valence-electron chi connectivity index (χ1n) is 6.41. The number of esters is 1. The zero-order chi connectivity index (χ0) is 12.1. The van der Waals surface area contributed by atoms with Crippen LogP contribution >= 0.6 is 0 Å². The van der Waals surface area contributed by atoms with Crippen molar-refractivity contribution in [3.63, 3.8) is 0 Å². The zero-order valence-corrected chi connectivity index (χ0v) is 10.7. The normalized spacial score (nSPS) is 21.8. The number of methoxy groups -OCH3 is 1. The van der Waals surface area contributed by atoms with E-state index in [0.717, 1.165) is 0 Å². The Balaban J connectivity index is 2.65. The molecule has 0 heterocycles. The number of nitrogens with two attached hydrogens (primary N) is 1. The summed E-state index contributed by atoms with van der Waals surface area (Å²) in [6.07, 6.45) is 6.16. The molecule has 1 rings (SSSR count). The van der Waals surface area contributed by atoms with Crippen molar-refractivity contribution < 1.29 is 9.53 Å². The molecule has 0 amide bonds. The van der Waals surface area contributed by atoms with Crippen molar-refractivity contribution in [1.29, 1.82) is 0 Å². The van der Waals surface area contributed by atoms with Gasteiger partial charge in [-0.3, -0.25) is 4.79 Å². The predicted octanol–water partition coefficient (Wildman–Crippen LogP) is 2.34. The molecule has 2 unspecified atom stereocenters. The first-order chi connectivity index (χ1) is 7.57. The minimum absolute atomic E-state index is 0.0345. The Morgan fingerprint density at radius 3 is 2.25 bits per heavy atom. The highest BCUT2D eigenvalue weighted by Crippen LogP contribution is 2.31. The maximum atomic E-state index is 11.7. The summed E-state index contributed by atoms with van der Waals surface area (Å²) in [5.41, 5.74) is 6.27. The quantitative estimate of drug-likeness (QED) is 0.750. The fourth-order valence-corrected chi connectivity index (χ4v) is 2.82. The van der Waals surface area contributed by atoms with E-state index < -0.39 is 0 Å². The van der Waals surface area contributed by atoms with Gasteiger partial charge in [0, 0.05) is 6.04 Å². The number of carbonyl (C=O) groups excluding carboxylic acids is 1. The summed E-state index contributed by atoms with van der Waals surface area (Å²) in [6.45, 7) is 4.09. The molecule has 0 saturated heterocycles. The van der Waals surface area contributed by atoms with Gasteiger partial charge in [0.1, 0.15) is 0 Å². The lowest BCUT2D eigenvalue weighted by molar-refractivity contribution is -0.148. The van der Waals surface area contributed by atoms with E-state index in [0.29, 0.717) is 5.92 Å². The molecule has 0 aromatic rings. The summed E-state index contributed by atoms with van der Waals surface area (Å²) in [7, 11) is 1.45. The minimum Gasteiger partial charge on any atom is -0.469 e. The van der Waals surface area contributed by atoms with Crippen LogP contribution in [0.2, 0.25) is 0 Å². The lowest BCUT2D eigenvalue weighted by atomic mass is 9.75. The van der Waals surface area contributed by atoms with Crippen molar-refractivity contribution in [1.82, 2.24) is 0 Å². The van der Waals surface area contributed by atoms with Crippen LogP contribution < -0.4 is 5.73 Å². The number of carbonyl (C=O) groups is 1. The third-order valence-corrected chi connectivity index (χ3v) is 3.80. The first kappa shape index (κ1) is 13.5. The van der Waals surface area contributed by atoms with Crippen LogP contribution in [0.25, 0.3) is 0 Å². The molecule has 0 aliphatic heterocycles. The maximum absolute atomic E-state index is 11.7. The van der Waals surface area contributed by atoms with Crippen LogP contribution in [0.4, 0.5) is 0 Å². The van der Waals surface area contributed by atoms with E-state index in [-0.39, 0.29) is 23.8 Å². The Morgan fingerprint density at radius 1 is 1.25 bits per heavy atom. The van der Waals surface area contributed by atoms with E-state index in [1.165, 1.54) is 39.2 Å². The highest BCUT2D eigenvalue weighted by molar-refractivity contribution is 5.73.